The smallest absolute Gasteiger partial charge is 0.416 e. The van der Waals surface area contributed by atoms with Crippen LogP contribution in [-0.2, 0) is 11.0 Å². The molecule has 118 valence electrons. The Kier molecular flexibility index (Phi) is 4.81. The van der Waals surface area contributed by atoms with Gasteiger partial charge in [0.15, 0.2) is 6.61 Å². The Labute approximate surface area is 129 Å². The first-order valence-corrected chi connectivity index (χ1v) is 6.35. The van der Waals surface area contributed by atoms with E-state index in [-0.39, 0.29) is 17.1 Å². The Bertz CT molecular complexity index is 754. The van der Waals surface area contributed by atoms with Crippen molar-refractivity contribution in [1.82, 2.24) is 4.98 Å². The minimum atomic E-state index is -4.52. The summed E-state index contributed by atoms with van der Waals surface area (Å²) in [4.78, 5) is 15.3. The van der Waals surface area contributed by atoms with Crippen molar-refractivity contribution < 1.29 is 22.7 Å². The van der Waals surface area contributed by atoms with Gasteiger partial charge in [0.1, 0.15) is 17.6 Å². The van der Waals surface area contributed by atoms with Crippen LogP contribution in [0, 0.1) is 11.3 Å². The molecule has 1 heterocycles. The summed E-state index contributed by atoms with van der Waals surface area (Å²) in [5.74, 6) is -0.714. The summed E-state index contributed by atoms with van der Waals surface area (Å²) in [7, 11) is 0. The number of carbonyl (C=O) groups is 1. The van der Waals surface area contributed by atoms with E-state index in [1.807, 2.05) is 6.07 Å². The van der Waals surface area contributed by atoms with Crippen molar-refractivity contribution in [3.05, 3.63) is 53.7 Å². The van der Waals surface area contributed by atoms with Gasteiger partial charge in [-0.1, -0.05) is 12.1 Å². The van der Waals surface area contributed by atoms with Gasteiger partial charge >= 0.3 is 6.18 Å². The standard InChI is InChI=1S/C15H10F3N3O2/c16-15(17,18)11-5-6-20-13(7-11)21-14(22)9-23-12-4-2-1-3-10(12)8-19/h1-7H,9H2,(H,20,21,22). The molecular weight excluding hydrogens is 311 g/mol. The number of rotatable bonds is 4. The van der Waals surface area contributed by atoms with E-state index in [9.17, 15) is 18.0 Å². The van der Waals surface area contributed by atoms with Crippen LogP contribution in [0.2, 0.25) is 0 Å². The largest absolute Gasteiger partial charge is 0.482 e. The second kappa shape index (κ2) is 6.79. The fraction of sp³-hybridized carbons (Fsp3) is 0.133. The maximum atomic E-state index is 12.6. The SMILES string of the molecule is N#Cc1ccccc1OCC(=O)Nc1cc(C(F)(F)F)ccn1. The molecule has 23 heavy (non-hydrogen) atoms. The van der Waals surface area contributed by atoms with E-state index in [4.69, 9.17) is 10.00 Å². The number of hydrogen-bond acceptors (Lipinski definition) is 4. The third-order valence-electron chi connectivity index (χ3n) is 2.72. The number of pyridine rings is 1. The van der Waals surface area contributed by atoms with Gasteiger partial charge in [0.2, 0.25) is 0 Å². The van der Waals surface area contributed by atoms with E-state index >= 15 is 0 Å². The second-order valence-electron chi connectivity index (χ2n) is 4.37. The summed E-state index contributed by atoms with van der Waals surface area (Å²) in [6.07, 6.45) is -3.57. The summed E-state index contributed by atoms with van der Waals surface area (Å²) in [5, 5.41) is 11.1. The van der Waals surface area contributed by atoms with Gasteiger partial charge in [0, 0.05) is 6.20 Å². The average Bonchev–Trinajstić information content (AvgIpc) is 2.52. The Morgan fingerprint density at radius 2 is 2.04 bits per heavy atom. The van der Waals surface area contributed by atoms with Crippen molar-refractivity contribution in [1.29, 1.82) is 5.26 Å². The summed E-state index contributed by atoms with van der Waals surface area (Å²) in [6.45, 7) is -0.462. The van der Waals surface area contributed by atoms with Crippen molar-refractivity contribution in [3.63, 3.8) is 0 Å². The van der Waals surface area contributed by atoms with Crippen molar-refractivity contribution in [3.8, 4) is 11.8 Å². The molecule has 0 fully saturated rings. The zero-order chi connectivity index (χ0) is 16.9. The number of aromatic nitrogens is 1. The number of halogens is 3. The van der Waals surface area contributed by atoms with Crippen molar-refractivity contribution in [2.75, 3.05) is 11.9 Å². The number of alkyl halides is 3. The maximum Gasteiger partial charge on any atom is 0.416 e. The van der Waals surface area contributed by atoms with E-state index < -0.39 is 24.3 Å². The van der Waals surface area contributed by atoms with Crippen LogP contribution in [0.5, 0.6) is 5.75 Å². The molecule has 0 atom stereocenters. The second-order valence-corrected chi connectivity index (χ2v) is 4.37. The van der Waals surface area contributed by atoms with Gasteiger partial charge in [-0.05, 0) is 24.3 Å². The molecule has 0 spiro atoms. The summed E-state index contributed by atoms with van der Waals surface area (Å²) < 4.78 is 42.9. The zero-order valence-corrected chi connectivity index (χ0v) is 11.6. The van der Waals surface area contributed by atoms with Crippen molar-refractivity contribution in [2.24, 2.45) is 0 Å². The quantitative estimate of drug-likeness (QED) is 0.939. The minimum Gasteiger partial charge on any atom is -0.482 e. The van der Waals surface area contributed by atoms with E-state index in [1.165, 1.54) is 12.1 Å². The van der Waals surface area contributed by atoms with Crippen LogP contribution < -0.4 is 10.1 Å². The predicted molar refractivity (Wildman–Crippen MR) is 74.5 cm³/mol. The molecule has 0 bridgehead atoms. The van der Waals surface area contributed by atoms with Crippen LogP contribution in [0.15, 0.2) is 42.6 Å². The molecule has 1 amide bonds. The number of nitrogens with one attached hydrogen (secondary N) is 1. The van der Waals surface area contributed by atoms with Crippen LogP contribution in [0.4, 0.5) is 19.0 Å². The highest BCUT2D eigenvalue weighted by Gasteiger charge is 2.30. The third kappa shape index (κ3) is 4.44. The average molecular weight is 321 g/mol. The normalized spacial score (nSPS) is 10.7. The van der Waals surface area contributed by atoms with Crippen LogP contribution in [0.3, 0.4) is 0 Å². The Morgan fingerprint density at radius 1 is 1.30 bits per heavy atom. The third-order valence-corrected chi connectivity index (χ3v) is 2.72. The molecule has 1 aromatic heterocycles. The number of nitrogens with zero attached hydrogens (tertiary/aromatic N) is 2. The molecule has 8 heteroatoms. The maximum absolute atomic E-state index is 12.6. The lowest BCUT2D eigenvalue weighted by Crippen LogP contribution is -2.21. The first-order chi connectivity index (χ1) is 10.9. The van der Waals surface area contributed by atoms with Crippen LogP contribution >= 0.6 is 0 Å². The van der Waals surface area contributed by atoms with E-state index in [0.717, 1.165) is 18.3 Å². The molecule has 0 aliphatic rings. The Hall–Kier alpha value is -3.08. The van der Waals surface area contributed by atoms with Gasteiger partial charge in [-0.3, -0.25) is 4.79 Å². The minimum absolute atomic E-state index is 0.210. The molecule has 0 radical (unpaired) electrons. The highest BCUT2D eigenvalue weighted by atomic mass is 19.4. The van der Waals surface area contributed by atoms with Gasteiger partial charge in [-0.25, -0.2) is 4.98 Å². The number of hydrogen-bond donors (Lipinski definition) is 1. The van der Waals surface area contributed by atoms with Gasteiger partial charge in [0.05, 0.1) is 11.1 Å². The molecule has 0 aliphatic heterocycles. The van der Waals surface area contributed by atoms with E-state index in [2.05, 4.69) is 10.3 Å². The van der Waals surface area contributed by atoms with Gasteiger partial charge in [0.25, 0.3) is 5.91 Å². The molecule has 0 unspecified atom stereocenters. The molecule has 0 saturated carbocycles. The lowest BCUT2D eigenvalue weighted by Gasteiger charge is -2.10. The number of amides is 1. The fourth-order valence-corrected chi connectivity index (χ4v) is 1.68. The highest BCUT2D eigenvalue weighted by Crippen LogP contribution is 2.29. The fourth-order valence-electron chi connectivity index (χ4n) is 1.68. The molecule has 5 nitrogen and oxygen atoms in total. The molecule has 0 saturated heterocycles. The first kappa shape index (κ1) is 16.3. The number of benzene rings is 1. The molecular formula is C15H10F3N3O2. The predicted octanol–water partition coefficient (Wildman–Crippen LogP) is 2.99. The Morgan fingerprint density at radius 3 is 2.74 bits per heavy atom. The van der Waals surface area contributed by atoms with E-state index in [1.54, 1.807) is 12.1 Å². The lowest BCUT2D eigenvalue weighted by molar-refractivity contribution is -0.137. The van der Waals surface area contributed by atoms with Crippen LogP contribution in [0.1, 0.15) is 11.1 Å². The molecule has 0 aliphatic carbocycles. The van der Waals surface area contributed by atoms with E-state index in [0.29, 0.717) is 0 Å². The van der Waals surface area contributed by atoms with Crippen molar-refractivity contribution >= 4 is 11.7 Å². The van der Waals surface area contributed by atoms with Crippen LogP contribution in [0.25, 0.3) is 0 Å². The van der Waals surface area contributed by atoms with Crippen LogP contribution in [-0.4, -0.2) is 17.5 Å². The molecule has 1 aromatic carbocycles. The molecule has 2 aromatic rings. The van der Waals surface area contributed by atoms with Gasteiger partial charge in [-0.2, -0.15) is 18.4 Å². The van der Waals surface area contributed by atoms with Crippen molar-refractivity contribution in [2.45, 2.75) is 6.18 Å². The lowest BCUT2D eigenvalue weighted by atomic mass is 10.2. The molecule has 1 N–H and O–H groups in total. The number of carbonyl (C=O) groups excluding carboxylic acids is 1. The monoisotopic (exact) mass is 321 g/mol. The Balaban J connectivity index is 1.99. The highest BCUT2D eigenvalue weighted by molar-refractivity contribution is 5.91. The number of anilines is 1. The number of nitriles is 1. The summed E-state index contributed by atoms with van der Waals surface area (Å²) in [6, 6.07) is 9.71. The number of para-hydroxylation sites is 1. The summed E-state index contributed by atoms with van der Waals surface area (Å²) >= 11 is 0. The first-order valence-electron chi connectivity index (χ1n) is 6.35. The molecule has 2 rings (SSSR count). The summed E-state index contributed by atoms with van der Waals surface area (Å²) in [5.41, 5.74) is -0.670. The number of ether oxygens (including phenoxy) is 1. The van der Waals surface area contributed by atoms with Gasteiger partial charge in [-0.15, -0.1) is 0 Å². The zero-order valence-electron chi connectivity index (χ0n) is 11.6. The van der Waals surface area contributed by atoms with Gasteiger partial charge < -0.3 is 10.1 Å². The topological polar surface area (TPSA) is 75.0 Å².